The molecule has 6 heteroatoms. The Morgan fingerprint density at radius 2 is 2.00 bits per heavy atom. The van der Waals surface area contributed by atoms with Crippen molar-refractivity contribution in [3.63, 3.8) is 0 Å². The van der Waals surface area contributed by atoms with Crippen LogP contribution in [0.5, 0.6) is 5.75 Å². The molecule has 1 unspecified atom stereocenters. The molecule has 0 bridgehead atoms. The van der Waals surface area contributed by atoms with Crippen LogP contribution in [-0.4, -0.2) is 46.3 Å². The number of pyridine rings is 1. The molecule has 0 saturated carbocycles. The molecule has 1 atom stereocenters. The van der Waals surface area contributed by atoms with Gasteiger partial charge in [-0.3, -0.25) is 0 Å². The molecule has 3 nitrogen and oxygen atoms in total. The predicted octanol–water partition coefficient (Wildman–Crippen LogP) is 4.79. The average molecular weight is 466 g/mol. The number of methoxy groups -OCH3 is 1. The van der Waals surface area contributed by atoms with Crippen LogP contribution in [0, 0.1) is 0 Å². The van der Waals surface area contributed by atoms with Crippen LogP contribution in [0.3, 0.4) is 0 Å². The second kappa shape index (κ2) is 9.98. The fourth-order valence-electron chi connectivity index (χ4n) is 2.97. The van der Waals surface area contributed by atoms with E-state index in [-0.39, 0.29) is 21.1 Å². The first-order chi connectivity index (χ1) is 13.1. The molecular weight excluding hydrogens is 442 g/mol. The van der Waals surface area contributed by atoms with Gasteiger partial charge in [-0.05, 0) is 0 Å². The maximum absolute atomic E-state index is 6.20. The zero-order chi connectivity index (χ0) is 19.2. The molecule has 0 fully saturated rings. The molecule has 1 N–H and O–H groups in total. The number of hydrogen-bond acceptors (Lipinski definition) is 3. The standard InChI is InChI=1S/C21H24AsCl2N2O/c1-3-14(23)13-25-10-4-9-22-21-17-7-5-15(24)11-20(17)26-19-8-6-16(27-2)12-18(19)21/h5-8,11-12,14,25H,3-4,9-10,13H2,1-2H3. The predicted molar refractivity (Wildman–Crippen MR) is 118 cm³/mol. The van der Waals surface area contributed by atoms with Crippen molar-refractivity contribution < 1.29 is 4.74 Å². The van der Waals surface area contributed by atoms with E-state index in [4.69, 9.17) is 32.9 Å². The second-order valence-corrected chi connectivity index (χ2v) is 10.0. The van der Waals surface area contributed by atoms with Gasteiger partial charge in [-0.1, -0.05) is 0 Å². The van der Waals surface area contributed by atoms with Gasteiger partial charge in [0.2, 0.25) is 0 Å². The topological polar surface area (TPSA) is 34.2 Å². The zero-order valence-electron chi connectivity index (χ0n) is 15.6. The Kier molecular flexibility index (Phi) is 7.66. The number of halogens is 2. The van der Waals surface area contributed by atoms with E-state index in [1.807, 2.05) is 24.3 Å². The molecule has 1 heterocycles. The Hall–Kier alpha value is -0.992. The number of ether oxygens (including phenoxy) is 1. The number of alkyl halides is 1. The van der Waals surface area contributed by atoms with Crippen molar-refractivity contribution in [2.75, 3.05) is 20.2 Å². The van der Waals surface area contributed by atoms with Crippen molar-refractivity contribution >= 4 is 65.1 Å². The van der Waals surface area contributed by atoms with E-state index >= 15 is 0 Å². The Morgan fingerprint density at radius 1 is 1.15 bits per heavy atom. The van der Waals surface area contributed by atoms with Crippen molar-refractivity contribution in [2.45, 2.75) is 30.4 Å². The van der Waals surface area contributed by atoms with E-state index < -0.39 is 0 Å². The molecule has 0 spiro atoms. The number of hydrogen-bond donors (Lipinski definition) is 1. The summed E-state index contributed by atoms with van der Waals surface area (Å²) in [5, 5.41) is 8.00. The molecule has 27 heavy (non-hydrogen) atoms. The fraction of sp³-hybridized carbons (Fsp3) is 0.381. The Labute approximate surface area is 177 Å². The molecule has 0 amide bonds. The summed E-state index contributed by atoms with van der Waals surface area (Å²) < 4.78 is 6.85. The number of nitrogens with zero attached hydrogens (tertiary/aromatic N) is 1. The molecule has 0 aliphatic carbocycles. The van der Waals surface area contributed by atoms with Crippen LogP contribution < -0.4 is 14.4 Å². The van der Waals surface area contributed by atoms with Gasteiger partial charge in [0, 0.05) is 0 Å². The monoisotopic (exact) mass is 465 g/mol. The summed E-state index contributed by atoms with van der Waals surface area (Å²) in [7, 11) is 1.70. The molecule has 1 radical (unpaired) electrons. The third kappa shape index (κ3) is 5.29. The van der Waals surface area contributed by atoms with E-state index in [0.717, 1.165) is 47.7 Å². The van der Waals surface area contributed by atoms with Crippen molar-refractivity contribution in [1.29, 1.82) is 0 Å². The van der Waals surface area contributed by atoms with Gasteiger partial charge in [-0.15, -0.1) is 0 Å². The summed E-state index contributed by atoms with van der Waals surface area (Å²) in [6.45, 7) is 4.00. The van der Waals surface area contributed by atoms with Crippen molar-refractivity contribution in [3.05, 3.63) is 41.4 Å². The van der Waals surface area contributed by atoms with Gasteiger partial charge in [-0.25, -0.2) is 0 Å². The van der Waals surface area contributed by atoms with Crippen molar-refractivity contribution in [3.8, 4) is 5.75 Å². The van der Waals surface area contributed by atoms with Gasteiger partial charge in [0.1, 0.15) is 0 Å². The van der Waals surface area contributed by atoms with Gasteiger partial charge in [0.25, 0.3) is 0 Å². The zero-order valence-corrected chi connectivity index (χ0v) is 19.0. The van der Waals surface area contributed by atoms with Crippen LogP contribution in [-0.2, 0) is 0 Å². The van der Waals surface area contributed by atoms with E-state index in [2.05, 4.69) is 24.4 Å². The molecule has 3 rings (SSSR count). The number of aromatic nitrogens is 1. The SMILES string of the molecule is CCC(Cl)CNCCC[As]c1c2ccc(Cl)cc2nc2ccc(OC)cc12. The number of benzene rings is 2. The van der Waals surface area contributed by atoms with Crippen LogP contribution in [0.1, 0.15) is 19.8 Å². The molecule has 0 saturated heterocycles. The van der Waals surface area contributed by atoms with E-state index in [1.54, 1.807) is 7.11 Å². The average Bonchev–Trinajstić information content (AvgIpc) is 2.68. The van der Waals surface area contributed by atoms with E-state index in [0.29, 0.717) is 0 Å². The van der Waals surface area contributed by atoms with Crippen LogP contribution in [0.25, 0.3) is 21.8 Å². The molecule has 0 aliphatic heterocycles. The minimum atomic E-state index is 0.0145. The molecule has 0 aliphatic rings. The van der Waals surface area contributed by atoms with Gasteiger partial charge < -0.3 is 0 Å². The third-order valence-corrected chi connectivity index (χ3v) is 8.01. The third-order valence-electron chi connectivity index (χ3n) is 4.51. The summed E-state index contributed by atoms with van der Waals surface area (Å²) in [6.07, 6.45) is 2.15. The molecule has 143 valence electrons. The molecule has 1 aromatic heterocycles. The summed E-state index contributed by atoms with van der Waals surface area (Å²) in [5.41, 5.74) is 1.97. The van der Waals surface area contributed by atoms with E-state index in [9.17, 15) is 0 Å². The van der Waals surface area contributed by atoms with Crippen LogP contribution in [0.4, 0.5) is 0 Å². The summed E-state index contributed by atoms with van der Waals surface area (Å²) in [6, 6.07) is 12.1. The Bertz CT molecular complexity index is 919. The Morgan fingerprint density at radius 3 is 2.78 bits per heavy atom. The number of fused-ring (bicyclic) bond motifs is 2. The molecule has 2 aromatic carbocycles. The first-order valence-electron chi connectivity index (χ1n) is 9.21. The number of rotatable bonds is 9. The first-order valence-corrected chi connectivity index (χ1v) is 12.3. The summed E-state index contributed by atoms with van der Waals surface area (Å²) in [5.74, 6) is 0.870. The molecule has 3 aromatic rings. The minimum absolute atomic E-state index is 0.0145. The van der Waals surface area contributed by atoms with Crippen molar-refractivity contribution in [2.24, 2.45) is 0 Å². The Balaban J connectivity index is 1.82. The molecular formula is C21H24AsCl2N2O. The van der Waals surface area contributed by atoms with Gasteiger partial charge in [0.05, 0.1) is 0 Å². The maximum atomic E-state index is 6.20. The van der Waals surface area contributed by atoms with Crippen LogP contribution >= 0.6 is 23.2 Å². The second-order valence-electron chi connectivity index (χ2n) is 6.45. The first kappa shape index (κ1) is 20.7. The summed E-state index contributed by atoms with van der Waals surface area (Å²) >= 11 is 12.4. The fourth-order valence-corrected chi connectivity index (χ4v) is 5.87. The van der Waals surface area contributed by atoms with E-state index in [1.165, 1.54) is 20.3 Å². The normalized spacial score (nSPS) is 13.0. The van der Waals surface area contributed by atoms with Crippen molar-refractivity contribution in [1.82, 2.24) is 10.3 Å². The number of nitrogens with one attached hydrogen (secondary N) is 1. The van der Waals surface area contributed by atoms with Gasteiger partial charge >= 0.3 is 178 Å². The van der Waals surface area contributed by atoms with Crippen LogP contribution in [0.2, 0.25) is 10.2 Å². The quantitative estimate of drug-likeness (QED) is 0.213. The van der Waals surface area contributed by atoms with Crippen LogP contribution in [0.15, 0.2) is 36.4 Å². The van der Waals surface area contributed by atoms with Gasteiger partial charge in [-0.2, -0.15) is 0 Å². The van der Waals surface area contributed by atoms with Gasteiger partial charge in [0.15, 0.2) is 0 Å². The summed E-state index contributed by atoms with van der Waals surface area (Å²) in [4.78, 5) is 4.81.